The minimum atomic E-state index is -0.612. The molecule has 0 aliphatic heterocycles. The van der Waals surface area contributed by atoms with E-state index in [0.29, 0.717) is 0 Å². The van der Waals surface area contributed by atoms with Crippen LogP contribution in [-0.2, 0) is 0 Å². The number of hydrogen-bond acceptors (Lipinski definition) is 1. The summed E-state index contributed by atoms with van der Waals surface area (Å²) in [5, 5.41) is 9.92. The lowest BCUT2D eigenvalue weighted by Crippen LogP contribution is -2.31. The van der Waals surface area contributed by atoms with Gasteiger partial charge in [0.25, 0.3) is 0 Å². The van der Waals surface area contributed by atoms with Crippen LogP contribution in [0.2, 0.25) is 0 Å². The Labute approximate surface area is 68.4 Å². The minimum absolute atomic E-state index is 0.612. The highest BCUT2D eigenvalue weighted by Gasteiger charge is 2.28. The minimum Gasteiger partial charge on any atom is -0.385 e. The summed E-state index contributed by atoms with van der Waals surface area (Å²) >= 11 is 0. The van der Waals surface area contributed by atoms with E-state index in [0.717, 1.165) is 24.8 Å². The Hall–Kier alpha value is -0.560. The van der Waals surface area contributed by atoms with E-state index < -0.39 is 5.60 Å². The molecule has 0 heterocycles. The van der Waals surface area contributed by atoms with Crippen molar-refractivity contribution in [1.82, 2.24) is 0 Å². The van der Waals surface area contributed by atoms with Crippen LogP contribution in [0.25, 0.3) is 0 Å². The lowest BCUT2D eigenvalue weighted by atomic mass is 9.82. The van der Waals surface area contributed by atoms with Gasteiger partial charge < -0.3 is 5.11 Å². The lowest BCUT2D eigenvalue weighted by molar-refractivity contribution is 0.0679. The number of aliphatic hydroxyl groups is 1. The third kappa shape index (κ3) is 1.72. The second-order valence-electron chi connectivity index (χ2n) is 3.57. The van der Waals surface area contributed by atoms with Crippen LogP contribution in [0.15, 0.2) is 23.8 Å². The summed E-state index contributed by atoms with van der Waals surface area (Å²) in [6.07, 6.45) is 4.69. The van der Waals surface area contributed by atoms with E-state index in [9.17, 15) is 5.11 Å². The Balaban J connectivity index is 2.71. The highest BCUT2D eigenvalue weighted by Crippen LogP contribution is 2.31. The molecule has 1 atom stereocenters. The van der Waals surface area contributed by atoms with E-state index in [2.05, 4.69) is 19.6 Å². The summed E-state index contributed by atoms with van der Waals surface area (Å²) in [7, 11) is 0. The molecule has 1 heteroatoms. The van der Waals surface area contributed by atoms with Crippen molar-refractivity contribution in [3.05, 3.63) is 23.8 Å². The summed E-state index contributed by atoms with van der Waals surface area (Å²) in [4.78, 5) is 0. The van der Waals surface area contributed by atoms with Crippen molar-refractivity contribution in [3.63, 3.8) is 0 Å². The van der Waals surface area contributed by atoms with E-state index in [4.69, 9.17) is 0 Å². The average molecular weight is 152 g/mol. The van der Waals surface area contributed by atoms with Crippen LogP contribution in [0.5, 0.6) is 0 Å². The van der Waals surface area contributed by atoms with Crippen molar-refractivity contribution >= 4 is 0 Å². The monoisotopic (exact) mass is 152 g/mol. The molecule has 0 bridgehead atoms. The number of hydrogen-bond donors (Lipinski definition) is 1. The second kappa shape index (κ2) is 2.82. The second-order valence-corrected chi connectivity index (χ2v) is 3.57. The van der Waals surface area contributed by atoms with Crippen molar-refractivity contribution in [2.75, 3.05) is 0 Å². The molecular weight excluding hydrogens is 136 g/mol. The van der Waals surface area contributed by atoms with Crippen LogP contribution in [0.3, 0.4) is 0 Å². The first kappa shape index (κ1) is 8.54. The van der Waals surface area contributed by atoms with Crippen molar-refractivity contribution in [2.45, 2.75) is 38.7 Å². The highest BCUT2D eigenvalue weighted by atomic mass is 16.3. The first-order valence-electron chi connectivity index (χ1n) is 4.08. The Kier molecular flexibility index (Phi) is 2.19. The molecule has 1 nitrogen and oxygen atoms in total. The summed E-state index contributed by atoms with van der Waals surface area (Å²) < 4.78 is 0. The maximum atomic E-state index is 9.92. The molecule has 0 amide bonds. The normalized spacial score (nSPS) is 31.4. The molecule has 0 aromatic heterocycles. The van der Waals surface area contributed by atoms with Crippen LogP contribution < -0.4 is 0 Å². The first-order chi connectivity index (χ1) is 5.04. The zero-order valence-corrected chi connectivity index (χ0v) is 7.35. The van der Waals surface area contributed by atoms with Gasteiger partial charge in [0.05, 0.1) is 5.60 Å². The van der Waals surface area contributed by atoms with Crippen molar-refractivity contribution in [3.8, 4) is 0 Å². The van der Waals surface area contributed by atoms with Gasteiger partial charge in [-0.2, -0.15) is 0 Å². The zero-order chi connectivity index (χ0) is 8.48. The molecule has 1 aliphatic rings. The molecule has 1 rings (SSSR count). The number of allylic oxidation sites excluding steroid dienone is 1. The average Bonchev–Trinajstić information content (AvgIpc) is 1.95. The van der Waals surface area contributed by atoms with Crippen LogP contribution >= 0.6 is 0 Å². The third-order valence-corrected chi connectivity index (χ3v) is 2.52. The van der Waals surface area contributed by atoms with Crippen molar-refractivity contribution in [1.29, 1.82) is 0 Å². The number of rotatable bonds is 1. The fourth-order valence-corrected chi connectivity index (χ4v) is 1.34. The van der Waals surface area contributed by atoms with E-state index in [1.807, 2.05) is 6.92 Å². The van der Waals surface area contributed by atoms with Crippen LogP contribution in [0, 0.1) is 0 Å². The molecule has 11 heavy (non-hydrogen) atoms. The van der Waals surface area contributed by atoms with Crippen molar-refractivity contribution < 1.29 is 5.11 Å². The Morgan fingerprint density at radius 2 is 2.36 bits per heavy atom. The van der Waals surface area contributed by atoms with Gasteiger partial charge in [0.2, 0.25) is 0 Å². The standard InChI is InChI=1S/C10H16O/c1-8(2)10(11)6-4-9(3)5-7-10/h4,11H,1,5-7H2,2-3H3. The first-order valence-corrected chi connectivity index (χ1v) is 4.08. The van der Waals surface area contributed by atoms with Gasteiger partial charge in [0.15, 0.2) is 0 Å². The molecule has 0 fully saturated rings. The van der Waals surface area contributed by atoms with E-state index >= 15 is 0 Å². The molecule has 0 radical (unpaired) electrons. The maximum Gasteiger partial charge on any atom is 0.0888 e. The van der Waals surface area contributed by atoms with Gasteiger partial charge in [0, 0.05) is 0 Å². The molecule has 1 unspecified atom stereocenters. The quantitative estimate of drug-likeness (QED) is 0.572. The smallest absolute Gasteiger partial charge is 0.0888 e. The summed E-state index contributed by atoms with van der Waals surface area (Å²) in [6.45, 7) is 7.80. The summed E-state index contributed by atoms with van der Waals surface area (Å²) in [5.74, 6) is 0. The van der Waals surface area contributed by atoms with Crippen LogP contribution in [0.4, 0.5) is 0 Å². The lowest BCUT2D eigenvalue weighted by Gasteiger charge is -2.31. The SMILES string of the molecule is C=C(C)C1(O)CC=C(C)CC1. The maximum absolute atomic E-state index is 9.92. The fourth-order valence-electron chi connectivity index (χ4n) is 1.34. The van der Waals surface area contributed by atoms with E-state index in [1.165, 1.54) is 5.57 Å². The Morgan fingerprint density at radius 3 is 2.73 bits per heavy atom. The molecule has 1 aliphatic carbocycles. The van der Waals surface area contributed by atoms with Gasteiger partial charge in [-0.25, -0.2) is 0 Å². The van der Waals surface area contributed by atoms with E-state index in [-0.39, 0.29) is 0 Å². The van der Waals surface area contributed by atoms with Crippen LogP contribution in [0.1, 0.15) is 33.1 Å². The van der Waals surface area contributed by atoms with Crippen molar-refractivity contribution in [2.24, 2.45) is 0 Å². The predicted molar refractivity (Wildman–Crippen MR) is 47.4 cm³/mol. The van der Waals surface area contributed by atoms with E-state index in [1.54, 1.807) is 0 Å². The van der Waals surface area contributed by atoms with Gasteiger partial charge in [0.1, 0.15) is 0 Å². The molecule has 0 spiro atoms. The summed E-state index contributed by atoms with van der Waals surface area (Å²) in [6, 6.07) is 0. The molecule has 0 aromatic carbocycles. The summed E-state index contributed by atoms with van der Waals surface area (Å²) in [5.41, 5.74) is 1.66. The molecule has 62 valence electrons. The van der Waals surface area contributed by atoms with Crippen LogP contribution in [-0.4, -0.2) is 10.7 Å². The Bertz CT molecular complexity index is 203. The van der Waals surface area contributed by atoms with Gasteiger partial charge in [-0.1, -0.05) is 18.2 Å². The molecule has 0 saturated carbocycles. The predicted octanol–water partition coefficient (Wildman–Crippen LogP) is 2.42. The highest BCUT2D eigenvalue weighted by molar-refractivity contribution is 5.18. The van der Waals surface area contributed by atoms with Gasteiger partial charge in [-0.05, 0) is 38.7 Å². The fraction of sp³-hybridized carbons (Fsp3) is 0.600. The molecule has 0 aromatic rings. The molecule has 1 N–H and O–H groups in total. The largest absolute Gasteiger partial charge is 0.385 e. The third-order valence-electron chi connectivity index (χ3n) is 2.52. The molecular formula is C10H16O. The van der Waals surface area contributed by atoms with Gasteiger partial charge in [-0.15, -0.1) is 0 Å². The van der Waals surface area contributed by atoms with Gasteiger partial charge >= 0.3 is 0 Å². The zero-order valence-electron chi connectivity index (χ0n) is 7.35. The Morgan fingerprint density at radius 1 is 1.73 bits per heavy atom. The topological polar surface area (TPSA) is 20.2 Å². The van der Waals surface area contributed by atoms with Gasteiger partial charge in [-0.3, -0.25) is 0 Å². The molecule has 0 saturated heterocycles.